The molecule has 0 bridgehead atoms. The van der Waals surface area contributed by atoms with Crippen LogP contribution in [0.2, 0.25) is 0 Å². The van der Waals surface area contributed by atoms with E-state index in [1.807, 2.05) is 12.1 Å². The van der Waals surface area contributed by atoms with Crippen molar-refractivity contribution >= 4 is 31.7 Å². The number of hydrogen-bond donors (Lipinski definition) is 0. The van der Waals surface area contributed by atoms with Gasteiger partial charge in [-0.2, -0.15) is 21.6 Å². The van der Waals surface area contributed by atoms with Crippen molar-refractivity contribution in [2.75, 3.05) is 13.9 Å². The molecule has 32 heavy (non-hydrogen) atoms. The fourth-order valence-electron chi connectivity index (χ4n) is 3.50. The number of halogens is 3. The molecule has 0 heterocycles. The zero-order chi connectivity index (χ0) is 22.9. The lowest BCUT2D eigenvalue weighted by Crippen LogP contribution is -2.28. The predicted octanol–water partition coefficient (Wildman–Crippen LogP) is 5.87. The van der Waals surface area contributed by atoms with Crippen molar-refractivity contribution in [3.05, 3.63) is 72.8 Å². The van der Waals surface area contributed by atoms with Crippen molar-refractivity contribution in [2.24, 2.45) is 0 Å². The number of hydrogen-bond acceptors (Lipinski definition) is 5. The fourth-order valence-corrected chi connectivity index (χ4v) is 3.97. The molecule has 0 amide bonds. The Bertz CT molecular complexity index is 1400. The van der Waals surface area contributed by atoms with E-state index >= 15 is 0 Å². The summed E-state index contributed by atoms with van der Waals surface area (Å²) in [6.07, 6.45) is 0. The molecule has 0 unspecified atom stereocenters. The maximum absolute atomic E-state index is 13.1. The second kappa shape index (κ2) is 8.33. The maximum Gasteiger partial charge on any atom is 0.534 e. The molecule has 166 valence electrons. The Kier molecular flexibility index (Phi) is 5.70. The molecular formula is C23H17F3O5S. The van der Waals surface area contributed by atoms with E-state index in [0.29, 0.717) is 27.5 Å². The van der Waals surface area contributed by atoms with Gasteiger partial charge in [-0.3, -0.25) is 0 Å². The zero-order valence-electron chi connectivity index (χ0n) is 16.7. The van der Waals surface area contributed by atoms with Gasteiger partial charge in [0.25, 0.3) is 0 Å². The number of rotatable bonds is 6. The summed E-state index contributed by atoms with van der Waals surface area (Å²) in [6, 6.07) is 20.3. The van der Waals surface area contributed by atoms with Gasteiger partial charge in [-0.1, -0.05) is 60.7 Å². The van der Waals surface area contributed by atoms with Crippen LogP contribution in [0.15, 0.2) is 72.8 Å². The molecule has 0 aliphatic rings. The van der Waals surface area contributed by atoms with Crippen LogP contribution in [-0.2, 0) is 14.9 Å². The summed E-state index contributed by atoms with van der Waals surface area (Å²) in [5.41, 5.74) is -5.02. The van der Waals surface area contributed by atoms with Gasteiger partial charge in [0.2, 0.25) is 0 Å². The molecule has 9 heteroatoms. The number of ether oxygens (including phenoxy) is 2. The van der Waals surface area contributed by atoms with Crippen molar-refractivity contribution in [2.45, 2.75) is 5.51 Å². The number of alkyl halides is 3. The maximum atomic E-state index is 13.1. The van der Waals surface area contributed by atoms with Gasteiger partial charge in [-0.05, 0) is 33.7 Å². The standard InChI is InChI=1S/C23H17F3O5S/c1-29-14-30-19-12-10-15-6-2-4-8-17(15)21(19)22-18-9-5-3-7-16(18)11-13-20(22)31-32(27,28)23(24,25)26/h2-13H,14H2,1H3. The molecule has 0 spiro atoms. The average Bonchev–Trinajstić information content (AvgIpc) is 2.76. The first-order chi connectivity index (χ1) is 15.2. The quantitative estimate of drug-likeness (QED) is 0.204. The summed E-state index contributed by atoms with van der Waals surface area (Å²) >= 11 is 0. The third-order valence-corrected chi connectivity index (χ3v) is 5.81. The van der Waals surface area contributed by atoms with Crippen LogP contribution in [0.5, 0.6) is 11.5 Å². The monoisotopic (exact) mass is 462 g/mol. The molecule has 0 saturated carbocycles. The summed E-state index contributed by atoms with van der Waals surface area (Å²) < 4.78 is 78.4. The Hall–Kier alpha value is -3.30. The Morgan fingerprint density at radius 1 is 0.750 bits per heavy atom. The number of benzene rings is 4. The zero-order valence-corrected chi connectivity index (χ0v) is 17.5. The Morgan fingerprint density at radius 2 is 1.25 bits per heavy atom. The fraction of sp³-hybridized carbons (Fsp3) is 0.130. The lowest BCUT2D eigenvalue weighted by atomic mass is 9.92. The van der Waals surface area contributed by atoms with E-state index in [2.05, 4.69) is 4.18 Å². The largest absolute Gasteiger partial charge is 0.534 e. The van der Waals surface area contributed by atoms with Crippen LogP contribution >= 0.6 is 0 Å². The molecule has 0 radical (unpaired) electrons. The molecule has 4 rings (SSSR count). The molecule has 0 atom stereocenters. The lowest BCUT2D eigenvalue weighted by Gasteiger charge is -2.19. The third kappa shape index (κ3) is 3.96. The third-order valence-electron chi connectivity index (χ3n) is 4.85. The summed E-state index contributed by atoms with van der Waals surface area (Å²) in [4.78, 5) is 0. The molecular weight excluding hydrogens is 445 g/mol. The highest BCUT2D eigenvalue weighted by Gasteiger charge is 2.49. The smallest absolute Gasteiger partial charge is 0.467 e. The first-order valence-corrected chi connectivity index (χ1v) is 10.8. The van der Waals surface area contributed by atoms with Crippen molar-refractivity contribution in [3.63, 3.8) is 0 Å². The molecule has 0 aliphatic carbocycles. The Labute approximate surface area is 182 Å². The summed E-state index contributed by atoms with van der Waals surface area (Å²) in [5, 5.41) is 2.61. The number of methoxy groups -OCH3 is 1. The van der Waals surface area contributed by atoms with Crippen molar-refractivity contribution in [3.8, 4) is 22.6 Å². The molecule has 5 nitrogen and oxygen atoms in total. The number of fused-ring (bicyclic) bond motifs is 2. The van der Waals surface area contributed by atoms with Gasteiger partial charge in [-0.25, -0.2) is 0 Å². The second-order valence-electron chi connectivity index (χ2n) is 6.85. The van der Waals surface area contributed by atoms with Crippen LogP contribution in [0.25, 0.3) is 32.7 Å². The van der Waals surface area contributed by atoms with Crippen LogP contribution in [0, 0.1) is 0 Å². The molecule has 4 aromatic rings. The van der Waals surface area contributed by atoms with Gasteiger partial charge in [0, 0.05) is 18.2 Å². The van der Waals surface area contributed by atoms with E-state index in [1.165, 1.54) is 19.2 Å². The van der Waals surface area contributed by atoms with Crippen LogP contribution in [0.3, 0.4) is 0 Å². The van der Waals surface area contributed by atoms with Crippen LogP contribution < -0.4 is 8.92 Å². The van der Waals surface area contributed by atoms with E-state index in [-0.39, 0.29) is 12.4 Å². The van der Waals surface area contributed by atoms with Crippen molar-refractivity contribution in [1.82, 2.24) is 0 Å². The van der Waals surface area contributed by atoms with E-state index in [4.69, 9.17) is 9.47 Å². The van der Waals surface area contributed by atoms with Gasteiger partial charge >= 0.3 is 15.6 Å². The first-order valence-electron chi connectivity index (χ1n) is 9.39. The topological polar surface area (TPSA) is 61.8 Å². The predicted molar refractivity (Wildman–Crippen MR) is 115 cm³/mol. The van der Waals surface area contributed by atoms with E-state index in [9.17, 15) is 21.6 Å². The molecule has 0 N–H and O–H groups in total. The van der Waals surface area contributed by atoms with Crippen molar-refractivity contribution in [1.29, 1.82) is 0 Å². The SMILES string of the molecule is COCOc1ccc2ccccc2c1-c1c(OS(=O)(=O)C(F)(F)F)ccc2ccccc12. The molecule has 4 aromatic carbocycles. The average molecular weight is 462 g/mol. The molecule has 0 aliphatic heterocycles. The minimum absolute atomic E-state index is 0.118. The normalized spacial score (nSPS) is 12.2. The highest BCUT2D eigenvalue weighted by molar-refractivity contribution is 7.88. The lowest BCUT2D eigenvalue weighted by molar-refractivity contribution is -0.0499. The van der Waals surface area contributed by atoms with E-state index < -0.39 is 21.4 Å². The minimum Gasteiger partial charge on any atom is -0.467 e. The minimum atomic E-state index is -5.90. The summed E-state index contributed by atoms with van der Waals surface area (Å²) in [5.74, 6) is -0.157. The van der Waals surface area contributed by atoms with E-state index in [0.717, 1.165) is 5.39 Å². The van der Waals surface area contributed by atoms with Crippen molar-refractivity contribution < 1.29 is 35.2 Å². The highest BCUT2D eigenvalue weighted by Crippen LogP contribution is 2.46. The van der Waals surface area contributed by atoms with Crippen LogP contribution in [-0.4, -0.2) is 27.8 Å². The van der Waals surface area contributed by atoms with Gasteiger partial charge in [0.15, 0.2) is 12.5 Å². The highest BCUT2D eigenvalue weighted by atomic mass is 32.2. The summed E-state index contributed by atoms with van der Waals surface area (Å²) in [6.45, 7) is -0.118. The van der Waals surface area contributed by atoms with Crippen LogP contribution in [0.4, 0.5) is 13.2 Å². The van der Waals surface area contributed by atoms with E-state index in [1.54, 1.807) is 48.5 Å². The molecule has 0 saturated heterocycles. The van der Waals surface area contributed by atoms with Gasteiger partial charge < -0.3 is 13.7 Å². The second-order valence-corrected chi connectivity index (χ2v) is 8.39. The summed E-state index contributed by atoms with van der Waals surface area (Å²) in [7, 11) is -4.46. The van der Waals surface area contributed by atoms with Gasteiger partial charge in [-0.15, -0.1) is 0 Å². The molecule has 0 fully saturated rings. The van der Waals surface area contributed by atoms with Gasteiger partial charge in [0.05, 0.1) is 0 Å². The Morgan fingerprint density at radius 3 is 1.78 bits per heavy atom. The first kappa shape index (κ1) is 21.9. The molecule has 0 aromatic heterocycles. The van der Waals surface area contributed by atoms with Crippen LogP contribution in [0.1, 0.15) is 0 Å². The Balaban J connectivity index is 2.09. The van der Waals surface area contributed by atoms with Gasteiger partial charge in [0.1, 0.15) is 5.75 Å².